The van der Waals surface area contributed by atoms with Crippen LogP contribution in [0.25, 0.3) is 10.9 Å². The van der Waals surface area contributed by atoms with Gasteiger partial charge in [-0.15, -0.1) is 0 Å². The zero-order valence-electron chi connectivity index (χ0n) is 10.1. The number of carboxylic acids is 1. The molecule has 18 heavy (non-hydrogen) atoms. The fourth-order valence-electron chi connectivity index (χ4n) is 3.29. The van der Waals surface area contributed by atoms with Crippen LogP contribution < -0.4 is 0 Å². The van der Waals surface area contributed by atoms with Crippen molar-refractivity contribution in [1.29, 1.82) is 0 Å². The van der Waals surface area contributed by atoms with Gasteiger partial charge < -0.3 is 9.67 Å². The summed E-state index contributed by atoms with van der Waals surface area (Å²) in [7, 11) is 0. The Bertz CT molecular complexity index is 664. The van der Waals surface area contributed by atoms with Crippen molar-refractivity contribution in [3.8, 4) is 0 Å². The van der Waals surface area contributed by atoms with E-state index < -0.39 is 11.4 Å². The summed E-state index contributed by atoms with van der Waals surface area (Å²) in [5.74, 6) is -0.663. The van der Waals surface area contributed by atoms with E-state index in [1.54, 1.807) is 0 Å². The number of nitrogens with zero attached hydrogens (tertiary/aromatic N) is 1. The van der Waals surface area contributed by atoms with E-state index in [9.17, 15) is 9.90 Å². The Labute approximate surface area is 105 Å². The topological polar surface area (TPSA) is 42.2 Å². The van der Waals surface area contributed by atoms with Gasteiger partial charge in [0.2, 0.25) is 0 Å². The molecule has 1 aromatic heterocycles. The first kappa shape index (κ1) is 10.2. The quantitative estimate of drug-likeness (QED) is 0.878. The van der Waals surface area contributed by atoms with Crippen LogP contribution in [0.1, 0.15) is 30.4 Å². The molecule has 3 heteroatoms. The van der Waals surface area contributed by atoms with E-state index in [0.29, 0.717) is 0 Å². The lowest BCUT2D eigenvalue weighted by Crippen LogP contribution is -2.20. The molecule has 2 aliphatic rings. The van der Waals surface area contributed by atoms with E-state index in [1.807, 2.05) is 0 Å². The predicted molar refractivity (Wildman–Crippen MR) is 68.8 cm³/mol. The van der Waals surface area contributed by atoms with Gasteiger partial charge in [-0.1, -0.05) is 6.07 Å². The van der Waals surface area contributed by atoms with Crippen LogP contribution in [-0.2, 0) is 23.2 Å². The first-order chi connectivity index (χ1) is 8.71. The van der Waals surface area contributed by atoms with Gasteiger partial charge in [0.1, 0.15) is 0 Å². The summed E-state index contributed by atoms with van der Waals surface area (Å²) in [5, 5.41) is 10.6. The summed E-state index contributed by atoms with van der Waals surface area (Å²) in [6.45, 7) is 1.08. The molecular weight excluding hydrogens is 226 g/mol. The van der Waals surface area contributed by atoms with E-state index in [1.165, 1.54) is 16.5 Å². The number of carboxylic acid groups (broad SMARTS) is 1. The molecule has 1 saturated carbocycles. The Morgan fingerprint density at radius 2 is 2.17 bits per heavy atom. The largest absolute Gasteiger partial charge is 0.481 e. The molecule has 0 amide bonds. The lowest BCUT2D eigenvalue weighted by atomic mass is 9.91. The smallest absolute Gasteiger partial charge is 0.314 e. The van der Waals surface area contributed by atoms with Crippen molar-refractivity contribution in [1.82, 2.24) is 4.57 Å². The molecule has 1 fully saturated rings. The number of rotatable bonds is 2. The van der Waals surface area contributed by atoms with E-state index in [-0.39, 0.29) is 0 Å². The van der Waals surface area contributed by atoms with Crippen LogP contribution in [0.4, 0.5) is 0 Å². The van der Waals surface area contributed by atoms with Crippen LogP contribution in [0, 0.1) is 0 Å². The predicted octanol–water partition coefficient (Wildman–Crippen LogP) is 2.70. The van der Waals surface area contributed by atoms with Crippen LogP contribution in [0.5, 0.6) is 0 Å². The van der Waals surface area contributed by atoms with Crippen LogP contribution in [0.2, 0.25) is 0 Å². The molecule has 0 unspecified atom stereocenters. The summed E-state index contributed by atoms with van der Waals surface area (Å²) in [5.41, 5.74) is 3.07. The second-order valence-corrected chi connectivity index (χ2v) is 5.57. The summed E-state index contributed by atoms with van der Waals surface area (Å²) < 4.78 is 2.29. The number of aryl methyl sites for hydroxylation is 2. The van der Waals surface area contributed by atoms with Gasteiger partial charge in [0.25, 0.3) is 0 Å². The third-order valence-corrected chi connectivity index (χ3v) is 4.50. The Morgan fingerprint density at radius 3 is 2.89 bits per heavy atom. The third-order valence-electron chi connectivity index (χ3n) is 4.50. The minimum atomic E-state index is -0.663. The van der Waals surface area contributed by atoms with Crippen molar-refractivity contribution >= 4 is 16.9 Å². The van der Waals surface area contributed by atoms with E-state index in [4.69, 9.17) is 0 Å². The number of hydrogen-bond donors (Lipinski definition) is 1. The first-order valence-electron chi connectivity index (χ1n) is 6.56. The second-order valence-electron chi connectivity index (χ2n) is 5.57. The van der Waals surface area contributed by atoms with Crippen LogP contribution in [-0.4, -0.2) is 15.6 Å². The molecule has 2 aromatic rings. The van der Waals surface area contributed by atoms with Gasteiger partial charge in [0, 0.05) is 18.1 Å². The number of aliphatic carboxylic acids is 1. The molecule has 4 rings (SSSR count). The SMILES string of the molecule is O=C(O)C1(c2cc3c4c(ccn4CCC3)c2)CC1. The van der Waals surface area contributed by atoms with E-state index in [0.717, 1.165) is 37.8 Å². The van der Waals surface area contributed by atoms with Crippen molar-refractivity contribution in [2.75, 3.05) is 0 Å². The molecule has 0 spiro atoms. The maximum atomic E-state index is 11.4. The molecule has 92 valence electrons. The molecule has 1 N–H and O–H groups in total. The zero-order chi connectivity index (χ0) is 12.3. The minimum Gasteiger partial charge on any atom is -0.481 e. The van der Waals surface area contributed by atoms with Crippen LogP contribution in [0.3, 0.4) is 0 Å². The number of benzene rings is 1. The third kappa shape index (κ3) is 1.17. The highest BCUT2D eigenvalue weighted by Crippen LogP contribution is 2.49. The zero-order valence-corrected chi connectivity index (χ0v) is 10.1. The van der Waals surface area contributed by atoms with E-state index in [2.05, 4.69) is 29.0 Å². The highest BCUT2D eigenvalue weighted by atomic mass is 16.4. The highest BCUT2D eigenvalue weighted by molar-refractivity contribution is 5.90. The highest BCUT2D eigenvalue weighted by Gasteiger charge is 2.52. The average molecular weight is 241 g/mol. The Kier molecular flexibility index (Phi) is 1.79. The first-order valence-corrected chi connectivity index (χ1v) is 6.56. The Hall–Kier alpha value is -1.77. The summed E-state index contributed by atoms with van der Waals surface area (Å²) >= 11 is 0. The molecular formula is C15H15NO2. The van der Waals surface area contributed by atoms with Gasteiger partial charge in [0.15, 0.2) is 0 Å². The summed E-state index contributed by atoms with van der Waals surface area (Å²) in [6.07, 6.45) is 5.92. The molecule has 1 aliphatic carbocycles. The molecule has 0 radical (unpaired) electrons. The summed E-state index contributed by atoms with van der Waals surface area (Å²) in [4.78, 5) is 11.4. The van der Waals surface area contributed by atoms with Gasteiger partial charge in [-0.3, -0.25) is 4.79 Å². The Morgan fingerprint density at radius 1 is 1.33 bits per heavy atom. The Balaban J connectivity index is 1.97. The number of hydrogen-bond acceptors (Lipinski definition) is 1. The van der Waals surface area contributed by atoms with Crippen LogP contribution in [0.15, 0.2) is 24.4 Å². The van der Waals surface area contributed by atoms with Crippen molar-refractivity contribution in [2.45, 2.75) is 37.6 Å². The summed E-state index contributed by atoms with van der Waals surface area (Å²) in [6, 6.07) is 6.34. The van der Waals surface area contributed by atoms with Gasteiger partial charge in [-0.2, -0.15) is 0 Å². The molecule has 2 heterocycles. The number of aromatic nitrogens is 1. The van der Waals surface area contributed by atoms with Crippen molar-refractivity contribution in [3.63, 3.8) is 0 Å². The standard InChI is InChI=1S/C15H15NO2/c17-14(18)15(4-5-15)12-8-10-2-1-6-16-7-3-11(9-12)13(10)16/h3,7-9H,1-2,4-6H2,(H,17,18). The van der Waals surface area contributed by atoms with Gasteiger partial charge in [0.05, 0.1) is 10.9 Å². The monoisotopic (exact) mass is 241 g/mol. The molecule has 3 nitrogen and oxygen atoms in total. The molecule has 1 aromatic carbocycles. The lowest BCUT2D eigenvalue weighted by Gasteiger charge is -2.18. The fraction of sp³-hybridized carbons (Fsp3) is 0.400. The lowest BCUT2D eigenvalue weighted by molar-refractivity contribution is -0.140. The van der Waals surface area contributed by atoms with Gasteiger partial charge in [-0.25, -0.2) is 0 Å². The molecule has 0 saturated heterocycles. The van der Waals surface area contributed by atoms with Crippen molar-refractivity contribution in [2.24, 2.45) is 0 Å². The molecule has 0 atom stereocenters. The fourth-order valence-corrected chi connectivity index (χ4v) is 3.29. The van der Waals surface area contributed by atoms with Gasteiger partial charge in [-0.05, 0) is 48.9 Å². The normalized spacial score (nSPS) is 20.0. The van der Waals surface area contributed by atoms with Crippen LogP contribution >= 0.6 is 0 Å². The number of carbonyl (C=O) groups is 1. The molecule has 0 bridgehead atoms. The minimum absolute atomic E-state index is 0.579. The van der Waals surface area contributed by atoms with Crippen molar-refractivity contribution < 1.29 is 9.90 Å². The second kappa shape index (κ2) is 3.16. The maximum Gasteiger partial charge on any atom is 0.314 e. The average Bonchev–Trinajstić information content (AvgIpc) is 3.09. The van der Waals surface area contributed by atoms with Crippen molar-refractivity contribution in [3.05, 3.63) is 35.5 Å². The molecule has 1 aliphatic heterocycles. The van der Waals surface area contributed by atoms with E-state index >= 15 is 0 Å². The van der Waals surface area contributed by atoms with Gasteiger partial charge >= 0.3 is 5.97 Å². The maximum absolute atomic E-state index is 11.4.